The summed E-state index contributed by atoms with van der Waals surface area (Å²) < 4.78 is 1.46. The lowest BCUT2D eigenvalue weighted by Crippen LogP contribution is -2.46. The van der Waals surface area contributed by atoms with Crippen molar-refractivity contribution in [1.29, 1.82) is 0 Å². The van der Waals surface area contributed by atoms with Crippen molar-refractivity contribution in [2.45, 2.75) is 64.1 Å². The predicted molar refractivity (Wildman–Crippen MR) is 135 cm³/mol. The molecule has 3 amide bonds. The molecule has 0 radical (unpaired) electrons. The highest BCUT2D eigenvalue weighted by atomic mass is 32.1. The molecule has 1 aliphatic carbocycles. The summed E-state index contributed by atoms with van der Waals surface area (Å²) in [6, 6.07) is 3.56. The van der Waals surface area contributed by atoms with E-state index in [2.05, 4.69) is 15.5 Å². The number of carbonyl (C=O) groups excluding carboxylic acids is 2. The Morgan fingerprint density at radius 2 is 1.88 bits per heavy atom. The van der Waals surface area contributed by atoms with E-state index in [0.717, 1.165) is 62.1 Å². The van der Waals surface area contributed by atoms with Crippen LogP contribution in [0.15, 0.2) is 27.7 Å². The molecule has 1 aliphatic heterocycles. The zero-order valence-electron chi connectivity index (χ0n) is 19.0. The van der Waals surface area contributed by atoms with Crippen LogP contribution >= 0.6 is 22.7 Å². The minimum absolute atomic E-state index is 0.113. The number of thiophene rings is 2. The molecule has 0 spiro atoms. The van der Waals surface area contributed by atoms with Gasteiger partial charge in [0.05, 0.1) is 11.9 Å². The third-order valence-electron chi connectivity index (χ3n) is 6.62. The Balaban J connectivity index is 1.44. The number of hydrogen-bond donors (Lipinski definition) is 2. The second-order valence-corrected chi connectivity index (χ2v) is 10.9. The van der Waals surface area contributed by atoms with Crippen molar-refractivity contribution in [2.75, 3.05) is 13.1 Å². The number of hydrogen-bond acceptors (Lipinski definition) is 7. The van der Waals surface area contributed by atoms with Gasteiger partial charge < -0.3 is 5.32 Å². The van der Waals surface area contributed by atoms with Crippen molar-refractivity contribution in [3.05, 3.63) is 39.1 Å². The van der Waals surface area contributed by atoms with Gasteiger partial charge in [-0.2, -0.15) is 0 Å². The average molecular weight is 500 g/mol. The normalized spacial score (nSPS) is 17.3. The molecule has 180 valence electrons. The maximum Gasteiger partial charge on any atom is 0.321 e. The van der Waals surface area contributed by atoms with E-state index in [-0.39, 0.29) is 18.1 Å². The number of nitrogens with one attached hydrogen (secondary N) is 2. The van der Waals surface area contributed by atoms with Crippen molar-refractivity contribution in [1.82, 2.24) is 25.1 Å². The van der Waals surface area contributed by atoms with Gasteiger partial charge in [0.2, 0.25) is 5.91 Å². The number of piperidine rings is 1. The van der Waals surface area contributed by atoms with Gasteiger partial charge in [0.15, 0.2) is 0 Å². The summed E-state index contributed by atoms with van der Waals surface area (Å²) in [5, 5.41) is 9.76. The largest absolute Gasteiger partial charge is 0.335 e. The standard InChI is InChI=1S/C24H29N5O3S2/c30-20(27-24(32)25-16-7-2-3-8-16)14-29-19(13-28-10-4-1-5-11-28)26-22-21(23(29)31)17(15-34-22)18-9-6-12-33-18/h6,9,12,15-16H,1-5,7-8,10-11,13-14H2,(H2,25,27,30,32). The van der Waals surface area contributed by atoms with Crippen molar-refractivity contribution < 1.29 is 9.59 Å². The van der Waals surface area contributed by atoms with Gasteiger partial charge in [0.1, 0.15) is 17.2 Å². The minimum atomic E-state index is -0.508. The van der Waals surface area contributed by atoms with E-state index < -0.39 is 11.9 Å². The third kappa shape index (κ3) is 5.08. The van der Waals surface area contributed by atoms with Gasteiger partial charge >= 0.3 is 6.03 Å². The first-order valence-corrected chi connectivity index (χ1v) is 13.7. The molecule has 8 nitrogen and oxygen atoms in total. The van der Waals surface area contributed by atoms with Crippen LogP contribution in [0.4, 0.5) is 4.79 Å². The number of fused-ring (bicyclic) bond motifs is 1. The molecule has 1 saturated heterocycles. The Morgan fingerprint density at radius 3 is 2.62 bits per heavy atom. The molecule has 3 aromatic heterocycles. The summed E-state index contributed by atoms with van der Waals surface area (Å²) in [5.41, 5.74) is 0.623. The molecule has 2 N–H and O–H groups in total. The Labute approximate surface area is 206 Å². The van der Waals surface area contributed by atoms with E-state index in [1.165, 1.54) is 22.3 Å². The molecule has 0 unspecified atom stereocenters. The van der Waals surface area contributed by atoms with Gasteiger partial charge in [-0.1, -0.05) is 25.3 Å². The molecule has 1 saturated carbocycles. The SMILES string of the molecule is O=C(Cn1c(CN2CCCCC2)nc2scc(-c3cccs3)c2c1=O)NC(=O)NC1CCCC1. The van der Waals surface area contributed by atoms with Gasteiger partial charge in [-0.25, -0.2) is 9.78 Å². The maximum absolute atomic E-state index is 13.7. The number of rotatable bonds is 6. The summed E-state index contributed by atoms with van der Waals surface area (Å²) in [7, 11) is 0. The summed E-state index contributed by atoms with van der Waals surface area (Å²) in [4.78, 5) is 47.6. The highest BCUT2D eigenvalue weighted by molar-refractivity contribution is 7.18. The molecule has 0 bridgehead atoms. The van der Waals surface area contributed by atoms with Crippen LogP contribution in [0.3, 0.4) is 0 Å². The second kappa shape index (κ2) is 10.4. The van der Waals surface area contributed by atoms with Crippen LogP contribution in [-0.2, 0) is 17.9 Å². The molecule has 0 atom stereocenters. The van der Waals surface area contributed by atoms with Crippen LogP contribution in [0.5, 0.6) is 0 Å². The number of likely N-dealkylation sites (tertiary alicyclic amines) is 1. The predicted octanol–water partition coefficient (Wildman–Crippen LogP) is 3.94. The van der Waals surface area contributed by atoms with Gasteiger partial charge in [0.25, 0.3) is 5.56 Å². The molecule has 0 aromatic carbocycles. The van der Waals surface area contributed by atoms with E-state index >= 15 is 0 Å². The zero-order chi connectivity index (χ0) is 23.5. The Hall–Kier alpha value is -2.56. The minimum Gasteiger partial charge on any atom is -0.335 e. The van der Waals surface area contributed by atoms with Crippen LogP contribution in [-0.4, -0.2) is 45.5 Å². The molecular weight excluding hydrogens is 470 g/mol. The summed E-state index contributed by atoms with van der Waals surface area (Å²) in [6.07, 6.45) is 7.51. The molecule has 5 rings (SSSR count). The topological polar surface area (TPSA) is 96.3 Å². The lowest BCUT2D eigenvalue weighted by molar-refractivity contribution is -0.120. The quantitative estimate of drug-likeness (QED) is 0.536. The number of imide groups is 1. The van der Waals surface area contributed by atoms with Crippen molar-refractivity contribution in [3.63, 3.8) is 0 Å². The third-order valence-corrected chi connectivity index (χ3v) is 8.39. The van der Waals surface area contributed by atoms with Crippen LogP contribution in [0, 0.1) is 0 Å². The van der Waals surface area contributed by atoms with Crippen molar-refractivity contribution in [3.8, 4) is 10.4 Å². The van der Waals surface area contributed by atoms with Gasteiger partial charge in [-0.3, -0.25) is 24.4 Å². The van der Waals surface area contributed by atoms with Crippen LogP contribution in [0.2, 0.25) is 0 Å². The van der Waals surface area contributed by atoms with Crippen LogP contribution in [0.25, 0.3) is 20.7 Å². The summed E-state index contributed by atoms with van der Waals surface area (Å²) in [6.45, 7) is 2.19. The Kier molecular flexibility index (Phi) is 7.07. The Morgan fingerprint density at radius 1 is 1.09 bits per heavy atom. The molecular formula is C24H29N5O3S2. The van der Waals surface area contributed by atoms with E-state index in [0.29, 0.717) is 22.6 Å². The molecule has 10 heteroatoms. The first-order valence-electron chi connectivity index (χ1n) is 12.0. The maximum atomic E-state index is 13.7. The van der Waals surface area contributed by atoms with Crippen molar-refractivity contribution in [2.24, 2.45) is 0 Å². The highest BCUT2D eigenvalue weighted by Gasteiger charge is 2.23. The van der Waals surface area contributed by atoms with Crippen LogP contribution in [0.1, 0.15) is 50.8 Å². The van der Waals surface area contributed by atoms with Crippen LogP contribution < -0.4 is 16.2 Å². The molecule has 2 aliphatic rings. The van der Waals surface area contributed by atoms with E-state index in [4.69, 9.17) is 4.98 Å². The average Bonchev–Trinajstić information content (AvgIpc) is 3.58. The van der Waals surface area contributed by atoms with Gasteiger partial charge in [0, 0.05) is 21.9 Å². The van der Waals surface area contributed by atoms with E-state index in [9.17, 15) is 14.4 Å². The lowest BCUT2D eigenvalue weighted by atomic mass is 10.1. The molecule has 3 aromatic rings. The number of amides is 3. The second-order valence-electron chi connectivity index (χ2n) is 9.07. The molecule has 34 heavy (non-hydrogen) atoms. The monoisotopic (exact) mass is 499 g/mol. The number of urea groups is 1. The molecule has 4 heterocycles. The smallest absolute Gasteiger partial charge is 0.321 e. The zero-order valence-corrected chi connectivity index (χ0v) is 20.7. The highest BCUT2D eigenvalue weighted by Crippen LogP contribution is 2.34. The number of aromatic nitrogens is 2. The first kappa shape index (κ1) is 23.2. The fourth-order valence-electron chi connectivity index (χ4n) is 4.88. The van der Waals surface area contributed by atoms with Crippen molar-refractivity contribution >= 4 is 44.8 Å². The first-order chi connectivity index (χ1) is 16.6. The van der Waals surface area contributed by atoms with E-state index in [1.54, 1.807) is 11.3 Å². The fraction of sp³-hybridized carbons (Fsp3) is 0.500. The number of nitrogens with zero attached hydrogens (tertiary/aromatic N) is 3. The van der Waals surface area contributed by atoms with Gasteiger partial charge in [-0.05, 0) is 50.2 Å². The molecule has 2 fully saturated rings. The summed E-state index contributed by atoms with van der Waals surface area (Å²) in [5.74, 6) is 0.0666. The van der Waals surface area contributed by atoms with Gasteiger partial charge in [-0.15, -0.1) is 22.7 Å². The Bertz CT molecular complexity index is 1220. The fourth-order valence-corrected chi connectivity index (χ4v) is 6.65. The number of carbonyl (C=O) groups is 2. The lowest BCUT2D eigenvalue weighted by Gasteiger charge is -2.27. The summed E-state index contributed by atoms with van der Waals surface area (Å²) >= 11 is 3.03. The van der Waals surface area contributed by atoms with E-state index in [1.807, 2.05) is 22.9 Å².